The van der Waals surface area contributed by atoms with Gasteiger partial charge in [0.1, 0.15) is 17.3 Å². The molecule has 0 aromatic heterocycles. The molecule has 5 heteroatoms. The van der Waals surface area contributed by atoms with E-state index in [1.165, 1.54) is 13.2 Å². The lowest BCUT2D eigenvalue weighted by atomic mass is 9.88. The van der Waals surface area contributed by atoms with E-state index >= 15 is 0 Å². The summed E-state index contributed by atoms with van der Waals surface area (Å²) in [5.74, 6) is 6.61. The highest BCUT2D eigenvalue weighted by Crippen LogP contribution is 2.41. The number of benzene rings is 2. The molecule has 0 saturated carbocycles. The summed E-state index contributed by atoms with van der Waals surface area (Å²) in [5.41, 5.74) is 4.26. The maximum absolute atomic E-state index is 14.3. The molecule has 0 aliphatic carbocycles. The Hall–Kier alpha value is -2.11. The first kappa shape index (κ1) is 13.9. The zero-order chi connectivity index (χ0) is 14.8. The number of nitrogens with two attached hydrogens (primary N) is 1. The van der Waals surface area contributed by atoms with Gasteiger partial charge in [0.15, 0.2) is 0 Å². The van der Waals surface area contributed by atoms with Crippen molar-refractivity contribution in [3.05, 3.63) is 59.4 Å². The van der Waals surface area contributed by atoms with Crippen molar-refractivity contribution in [2.75, 3.05) is 13.7 Å². The standard InChI is InChI=1S/C16H17FN2O2/c1-20-10-6-7-12(14(17)8-10)16(19-18)13-9-21-15-5-3-2-4-11(13)15/h2-8,13,16,19H,9,18H2,1H3. The third-order valence-corrected chi connectivity index (χ3v) is 3.86. The molecule has 2 aromatic rings. The van der Waals surface area contributed by atoms with Crippen molar-refractivity contribution < 1.29 is 13.9 Å². The van der Waals surface area contributed by atoms with Crippen molar-refractivity contribution in [1.82, 2.24) is 5.43 Å². The number of rotatable bonds is 4. The monoisotopic (exact) mass is 288 g/mol. The Balaban J connectivity index is 1.97. The Morgan fingerprint density at radius 1 is 1.33 bits per heavy atom. The van der Waals surface area contributed by atoms with E-state index in [1.807, 2.05) is 24.3 Å². The van der Waals surface area contributed by atoms with E-state index in [0.717, 1.165) is 11.3 Å². The molecule has 2 unspecified atom stereocenters. The predicted octanol–water partition coefficient (Wildman–Crippen LogP) is 2.51. The SMILES string of the molecule is COc1ccc(C(NN)C2COc3ccccc32)c(F)c1. The Morgan fingerprint density at radius 2 is 2.14 bits per heavy atom. The van der Waals surface area contributed by atoms with Crippen LogP contribution in [0.2, 0.25) is 0 Å². The minimum Gasteiger partial charge on any atom is -0.497 e. The van der Waals surface area contributed by atoms with Crippen molar-refractivity contribution in [3.63, 3.8) is 0 Å². The van der Waals surface area contributed by atoms with Gasteiger partial charge < -0.3 is 9.47 Å². The van der Waals surface area contributed by atoms with Crippen molar-refractivity contribution >= 4 is 0 Å². The normalized spacial score (nSPS) is 18.0. The molecule has 3 N–H and O–H groups in total. The van der Waals surface area contributed by atoms with Crippen molar-refractivity contribution in [2.45, 2.75) is 12.0 Å². The average molecular weight is 288 g/mol. The molecule has 1 aliphatic heterocycles. The highest BCUT2D eigenvalue weighted by Gasteiger charge is 2.33. The molecule has 0 amide bonds. The van der Waals surface area contributed by atoms with E-state index in [9.17, 15) is 4.39 Å². The lowest BCUT2D eigenvalue weighted by Gasteiger charge is -2.23. The first-order chi connectivity index (χ1) is 10.2. The Bertz CT molecular complexity index is 648. The number of halogens is 1. The van der Waals surface area contributed by atoms with Crippen molar-refractivity contribution in [2.24, 2.45) is 5.84 Å². The highest BCUT2D eigenvalue weighted by molar-refractivity contribution is 5.43. The minimum atomic E-state index is -0.362. The zero-order valence-corrected chi connectivity index (χ0v) is 11.7. The van der Waals surface area contributed by atoms with E-state index in [0.29, 0.717) is 17.9 Å². The summed E-state index contributed by atoms with van der Waals surface area (Å²) in [6, 6.07) is 12.2. The van der Waals surface area contributed by atoms with Crippen LogP contribution in [0, 0.1) is 5.82 Å². The summed E-state index contributed by atoms with van der Waals surface area (Å²) in [6.45, 7) is 0.472. The van der Waals surface area contributed by atoms with Gasteiger partial charge >= 0.3 is 0 Å². The predicted molar refractivity (Wildman–Crippen MR) is 77.7 cm³/mol. The van der Waals surface area contributed by atoms with Crippen LogP contribution in [0.25, 0.3) is 0 Å². The molecule has 2 aromatic carbocycles. The molecule has 21 heavy (non-hydrogen) atoms. The fourth-order valence-corrected chi connectivity index (χ4v) is 2.77. The van der Waals surface area contributed by atoms with Crippen molar-refractivity contribution in [1.29, 1.82) is 0 Å². The second-order valence-corrected chi connectivity index (χ2v) is 4.99. The highest BCUT2D eigenvalue weighted by atomic mass is 19.1. The van der Waals surface area contributed by atoms with Gasteiger partial charge in [0.25, 0.3) is 0 Å². The Labute approximate surface area is 122 Å². The van der Waals surface area contributed by atoms with Crippen LogP contribution < -0.4 is 20.7 Å². The zero-order valence-electron chi connectivity index (χ0n) is 11.7. The largest absolute Gasteiger partial charge is 0.497 e. The topological polar surface area (TPSA) is 56.5 Å². The molecular weight excluding hydrogens is 271 g/mol. The molecule has 3 rings (SSSR count). The fourth-order valence-electron chi connectivity index (χ4n) is 2.77. The number of nitrogens with one attached hydrogen (secondary N) is 1. The van der Waals surface area contributed by atoms with Crippen LogP contribution in [0.4, 0.5) is 4.39 Å². The smallest absolute Gasteiger partial charge is 0.131 e. The molecule has 1 aliphatic rings. The van der Waals surface area contributed by atoms with E-state index in [-0.39, 0.29) is 17.8 Å². The van der Waals surface area contributed by atoms with Gasteiger partial charge in [0.2, 0.25) is 0 Å². The van der Waals surface area contributed by atoms with E-state index in [1.54, 1.807) is 12.1 Å². The molecule has 0 spiro atoms. The fraction of sp³-hybridized carbons (Fsp3) is 0.250. The van der Waals surface area contributed by atoms with E-state index in [2.05, 4.69) is 5.43 Å². The summed E-state index contributed by atoms with van der Waals surface area (Å²) < 4.78 is 25.0. The van der Waals surface area contributed by atoms with Crippen LogP contribution in [0.5, 0.6) is 11.5 Å². The van der Waals surface area contributed by atoms with Gasteiger partial charge in [-0.2, -0.15) is 0 Å². The van der Waals surface area contributed by atoms with Gasteiger partial charge in [0, 0.05) is 23.1 Å². The molecule has 0 bridgehead atoms. The molecule has 2 atom stereocenters. The number of hydrogen-bond acceptors (Lipinski definition) is 4. The first-order valence-electron chi connectivity index (χ1n) is 6.76. The molecular formula is C16H17FN2O2. The van der Waals surface area contributed by atoms with Gasteiger partial charge in [-0.3, -0.25) is 11.3 Å². The molecule has 0 fully saturated rings. The molecule has 110 valence electrons. The molecule has 1 heterocycles. The number of ether oxygens (including phenoxy) is 2. The van der Waals surface area contributed by atoms with E-state index < -0.39 is 0 Å². The summed E-state index contributed by atoms with van der Waals surface area (Å²) in [6.07, 6.45) is 0. The van der Waals surface area contributed by atoms with Gasteiger partial charge in [0.05, 0.1) is 19.8 Å². The van der Waals surface area contributed by atoms with Gasteiger partial charge in [-0.15, -0.1) is 0 Å². The number of methoxy groups -OCH3 is 1. The first-order valence-corrected chi connectivity index (χ1v) is 6.76. The Morgan fingerprint density at radius 3 is 2.86 bits per heavy atom. The summed E-state index contributed by atoms with van der Waals surface area (Å²) in [7, 11) is 1.51. The molecule has 4 nitrogen and oxygen atoms in total. The Kier molecular flexibility index (Phi) is 3.77. The van der Waals surface area contributed by atoms with Crippen LogP contribution in [0.15, 0.2) is 42.5 Å². The maximum Gasteiger partial charge on any atom is 0.131 e. The van der Waals surface area contributed by atoms with Gasteiger partial charge in [-0.05, 0) is 12.1 Å². The summed E-state index contributed by atoms with van der Waals surface area (Å²) in [4.78, 5) is 0. The lowest BCUT2D eigenvalue weighted by Crippen LogP contribution is -2.33. The second-order valence-electron chi connectivity index (χ2n) is 4.99. The van der Waals surface area contributed by atoms with Crippen LogP contribution >= 0.6 is 0 Å². The van der Waals surface area contributed by atoms with Gasteiger partial charge in [-0.1, -0.05) is 24.3 Å². The third-order valence-electron chi connectivity index (χ3n) is 3.86. The number of hydrogen-bond donors (Lipinski definition) is 2. The van der Waals surface area contributed by atoms with Crippen LogP contribution in [0.1, 0.15) is 23.1 Å². The average Bonchev–Trinajstić information content (AvgIpc) is 2.94. The quantitative estimate of drug-likeness (QED) is 0.670. The third kappa shape index (κ3) is 2.46. The van der Waals surface area contributed by atoms with Crippen LogP contribution in [0.3, 0.4) is 0 Å². The molecule has 0 radical (unpaired) electrons. The summed E-state index contributed by atoms with van der Waals surface area (Å²) in [5, 5.41) is 0. The number of para-hydroxylation sites is 1. The minimum absolute atomic E-state index is 0.0332. The second kappa shape index (κ2) is 5.71. The summed E-state index contributed by atoms with van der Waals surface area (Å²) >= 11 is 0. The molecule has 0 saturated heterocycles. The van der Waals surface area contributed by atoms with Crippen LogP contribution in [-0.2, 0) is 0 Å². The maximum atomic E-state index is 14.3. The van der Waals surface area contributed by atoms with Crippen LogP contribution in [-0.4, -0.2) is 13.7 Å². The van der Waals surface area contributed by atoms with Crippen molar-refractivity contribution in [3.8, 4) is 11.5 Å². The number of fused-ring (bicyclic) bond motifs is 1. The number of hydrazine groups is 1. The van der Waals surface area contributed by atoms with E-state index in [4.69, 9.17) is 15.3 Å². The van der Waals surface area contributed by atoms with Gasteiger partial charge in [-0.25, -0.2) is 4.39 Å². The lowest BCUT2D eigenvalue weighted by molar-refractivity contribution is 0.297.